The van der Waals surface area contributed by atoms with Crippen LogP contribution in [0, 0.1) is 5.82 Å². The molecule has 0 heterocycles. The summed E-state index contributed by atoms with van der Waals surface area (Å²) in [5.74, 6) is 0.282. The van der Waals surface area contributed by atoms with Crippen LogP contribution in [0.3, 0.4) is 0 Å². The van der Waals surface area contributed by atoms with Crippen LogP contribution in [0.15, 0.2) is 24.3 Å². The van der Waals surface area contributed by atoms with Crippen molar-refractivity contribution in [2.24, 2.45) is 0 Å². The number of hydrogen-bond acceptors (Lipinski definition) is 2. The monoisotopic (exact) mass is 182 g/mol. The molecule has 0 radical (unpaired) electrons. The minimum Gasteiger partial charge on any atom is -0.337 e. The van der Waals surface area contributed by atoms with Crippen molar-refractivity contribution < 1.29 is 14.2 Å². The first-order chi connectivity index (χ1) is 6.34. The van der Waals surface area contributed by atoms with Gasteiger partial charge in [-0.25, -0.2) is 4.39 Å². The van der Waals surface area contributed by atoms with Crippen molar-refractivity contribution in [3.63, 3.8) is 0 Å². The van der Waals surface area contributed by atoms with E-state index in [1.165, 1.54) is 18.6 Å². The van der Waals surface area contributed by atoms with E-state index in [0.29, 0.717) is 5.75 Å². The van der Waals surface area contributed by atoms with Gasteiger partial charge in [0, 0.05) is 0 Å². The Labute approximate surface area is 76.2 Å². The molecule has 2 rings (SSSR count). The third-order valence-electron chi connectivity index (χ3n) is 2.15. The van der Waals surface area contributed by atoms with Crippen molar-refractivity contribution in [2.75, 3.05) is 0 Å². The summed E-state index contributed by atoms with van der Waals surface area (Å²) in [6.07, 6.45) is 3.55. The van der Waals surface area contributed by atoms with Crippen molar-refractivity contribution in [3.05, 3.63) is 30.1 Å². The first-order valence-electron chi connectivity index (χ1n) is 4.43. The van der Waals surface area contributed by atoms with E-state index in [1.54, 1.807) is 12.1 Å². The van der Waals surface area contributed by atoms with Crippen molar-refractivity contribution in [1.29, 1.82) is 0 Å². The van der Waals surface area contributed by atoms with Gasteiger partial charge in [0.15, 0.2) is 5.75 Å². The van der Waals surface area contributed by atoms with Crippen LogP contribution in [0.1, 0.15) is 19.3 Å². The topological polar surface area (TPSA) is 18.5 Å². The predicted octanol–water partition coefficient (Wildman–Crippen LogP) is 2.69. The summed E-state index contributed by atoms with van der Waals surface area (Å²) >= 11 is 0. The lowest BCUT2D eigenvalue weighted by Crippen LogP contribution is -2.23. The van der Waals surface area contributed by atoms with Crippen LogP contribution in [0.2, 0.25) is 0 Å². The van der Waals surface area contributed by atoms with E-state index in [4.69, 9.17) is 9.78 Å². The number of benzene rings is 1. The third kappa shape index (κ3) is 2.18. The van der Waals surface area contributed by atoms with Gasteiger partial charge in [-0.1, -0.05) is 0 Å². The lowest BCUT2D eigenvalue weighted by Gasteiger charge is -2.23. The normalized spacial score (nSPS) is 16.7. The highest BCUT2D eigenvalue weighted by Gasteiger charge is 2.19. The summed E-state index contributed by atoms with van der Waals surface area (Å²) in [7, 11) is 0. The van der Waals surface area contributed by atoms with Crippen LogP contribution in [0.4, 0.5) is 4.39 Å². The van der Waals surface area contributed by atoms with Crippen LogP contribution in [-0.2, 0) is 4.89 Å². The molecule has 1 aliphatic rings. The molecule has 0 saturated heterocycles. The molecule has 1 saturated carbocycles. The van der Waals surface area contributed by atoms with E-state index in [9.17, 15) is 4.39 Å². The standard InChI is InChI=1S/C10H11FO2/c11-8-4-6-10(7-5-8)13-12-9-2-1-3-9/h4-7,9H,1-3H2. The molecule has 3 heteroatoms. The van der Waals surface area contributed by atoms with Crippen molar-refractivity contribution in [3.8, 4) is 5.75 Å². The molecule has 0 spiro atoms. The Morgan fingerprint density at radius 3 is 2.38 bits per heavy atom. The highest BCUT2D eigenvalue weighted by molar-refractivity contribution is 5.21. The van der Waals surface area contributed by atoms with E-state index in [0.717, 1.165) is 12.8 Å². The maximum absolute atomic E-state index is 12.5. The molecule has 0 bridgehead atoms. The van der Waals surface area contributed by atoms with Crippen molar-refractivity contribution >= 4 is 0 Å². The Hall–Kier alpha value is -1.09. The summed E-state index contributed by atoms with van der Waals surface area (Å²) in [6, 6.07) is 5.79. The Kier molecular flexibility index (Phi) is 2.45. The zero-order valence-electron chi connectivity index (χ0n) is 7.20. The molecule has 1 aromatic rings. The Balaban J connectivity index is 1.83. The SMILES string of the molecule is Fc1ccc(OOC2CCC2)cc1. The molecule has 0 N–H and O–H groups in total. The van der Waals surface area contributed by atoms with E-state index in [1.807, 2.05) is 0 Å². The maximum Gasteiger partial charge on any atom is 0.165 e. The summed E-state index contributed by atoms with van der Waals surface area (Å²) in [5, 5.41) is 0. The highest BCUT2D eigenvalue weighted by atomic mass is 19.1. The van der Waals surface area contributed by atoms with Gasteiger partial charge >= 0.3 is 0 Å². The van der Waals surface area contributed by atoms with Crippen LogP contribution >= 0.6 is 0 Å². The van der Waals surface area contributed by atoms with Crippen LogP contribution in [0.5, 0.6) is 5.75 Å². The summed E-state index contributed by atoms with van der Waals surface area (Å²) in [5.41, 5.74) is 0. The van der Waals surface area contributed by atoms with E-state index >= 15 is 0 Å². The van der Waals surface area contributed by atoms with Gasteiger partial charge in [-0.3, -0.25) is 0 Å². The van der Waals surface area contributed by atoms with Crippen LogP contribution in [0.25, 0.3) is 0 Å². The Morgan fingerprint density at radius 1 is 1.15 bits per heavy atom. The zero-order valence-corrected chi connectivity index (χ0v) is 7.20. The molecule has 0 unspecified atom stereocenters. The second-order valence-electron chi connectivity index (χ2n) is 3.19. The molecule has 0 aromatic heterocycles. The lowest BCUT2D eigenvalue weighted by atomic mass is 9.97. The largest absolute Gasteiger partial charge is 0.337 e. The number of rotatable bonds is 3. The van der Waals surface area contributed by atoms with E-state index < -0.39 is 0 Å². The van der Waals surface area contributed by atoms with Crippen molar-refractivity contribution in [1.82, 2.24) is 0 Å². The van der Waals surface area contributed by atoms with Gasteiger partial charge in [-0.15, -0.1) is 0 Å². The molecule has 13 heavy (non-hydrogen) atoms. The molecule has 70 valence electrons. The zero-order chi connectivity index (χ0) is 9.10. The smallest absolute Gasteiger partial charge is 0.165 e. The average Bonchev–Trinajstić information content (AvgIpc) is 2.05. The fourth-order valence-corrected chi connectivity index (χ4v) is 1.08. The summed E-state index contributed by atoms with van der Waals surface area (Å²) in [4.78, 5) is 10.1. The minimum absolute atomic E-state index is 0.227. The molecule has 1 aromatic carbocycles. The van der Waals surface area contributed by atoms with E-state index in [-0.39, 0.29) is 11.9 Å². The Morgan fingerprint density at radius 2 is 1.85 bits per heavy atom. The van der Waals surface area contributed by atoms with Gasteiger partial charge in [0.1, 0.15) is 11.9 Å². The maximum atomic E-state index is 12.5. The molecule has 2 nitrogen and oxygen atoms in total. The number of halogens is 1. The quantitative estimate of drug-likeness (QED) is 0.528. The molecular weight excluding hydrogens is 171 g/mol. The van der Waals surface area contributed by atoms with Gasteiger partial charge < -0.3 is 4.89 Å². The van der Waals surface area contributed by atoms with Crippen LogP contribution in [-0.4, -0.2) is 6.10 Å². The second kappa shape index (κ2) is 3.75. The molecule has 0 aliphatic heterocycles. The van der Waals surface area contributed by atoms with Gasteiger partial charge in [-0.05, 0) is 43.5 Å². The van der Waals surface area contributed by atoms with Gasteiger partial charge in [0.05, 0.1) is 0 Å². The molecule has 0 amide bonds. The molecule has 1 aliphatic carbocycles. The highest BCUT2D eigenvalue weighted by Crippen LogP contribution is 2.23. The molecular formula is C10H11FO2. The average molecular weight is 182 g/mol. The summed E-state index contributed by atoms with van der Waals surface area (Å²) < 4.78 is 12.5. The fraction of sp³-hybridized carbons (Fsp3) is 0.400. The van der Waals surface area contributed by atoms with Gasteiger partial charge in [0.25, 0.3) is 0 Å². The third-order valence-corrected chi connectivity index (χ3v) is 2.15. The first-order valence-corrected chi connectivity index (χ1v) is 4.43. The first kappa shape index (κ1) is 8.51. The van der Waals surface area contributed by atoms with E-state index in [2.05, 4.69) is 0 Å². The summed E-state index contributed by atoms with van der Waals surface area (Å²) in [6.45, 7) is 0. The second-order valence-corrected chi connectivity index (χ2v) is 3.19. The van der Waals surface area contributed by atoms with Gasteiger partial charge in [0.2, 0.25) is 0 Å². The molecule has 0 atom stereocenters. The lowest BCUT2D eigenvalue weighted by molar-refractivity contribution is -0.261. The van der Waals surface area contributed by atoms with Crippen molar-refractivity contribution in [2.45, 2.75) is 25.4 Å². The molecule has 1 fully saturated rings. The fourth-order valence-electron chi connectivity index (χ4n) is 1.08. The predicted molar refractivity (Wildman–Crippen MR) is 45.8 cm³/mol. The Bertz CT molecular complexity index is 267. The van der Waals surface area contributed by atoms with Gasteiger partial charge in [-0.2, -0.15) is 4.89 Å². The number of hydrogen-bond donors (Lipinski definition) is 0. The minimum atomic E-state index is -0.268. The van der Waals surface area contributed by atoms with Crippen LogP contribution < -0.4 is 4.89 Å².